The lowest BCUT2D eigenvalue weighted by Crippen LogP contribution is -2.47. The lowest BCUT2D eigenvalue weighted by molar-refractivity contribution is -0.139. The Bertz CT molecular complexity index is 621. The average Bonchev–Trinajstić information content (AvgIpc) is 2.82. The number of aromatic nitrogens is 1. The topological polar surface area (TPSA) is 94.2 Å². The first-order valence-corrected chi connectivity index (χ1v) is 6.44. The summed E-state index contributed by atoms with van der Waals surface area (Å²) in [5.41, 5.74) is 1.81. The van der Waals surface area contributed by atoms with E-state index in [-0.39, 0.29) is 6.42 Å². The van der Waals surface area contributed by atoms with E-state index < -0.39 is 18.0 Å². The first-order chi connectivity index (χ1) is 9.61. The molecule has 1 unspecified atom stereocenters. The number of H-pyrrole nitrogens is 1. The van der Waals surface area contributed by atoms with Crippen LogP contribution in [0.2, 0.25) is 0 Å². The molecule has 0 aliphatic carbocycles. The molecule has 2 aromatic rings. The summed E-state index contributed by atoms with van der Waals surface area (Å²) in [6, 6.07) is 6.22. The van der Waals surface area contributed by atoms with E-state index in [1.807, 2.05) is 24.3 Å². The summed E-state index contributed by atoms with van der Waals surface area (Å²) in [5.74, 6) is -1.05. The normalized spacial score (nSPS) is 12.1. The summed E-state index contributed by atoms with van der Waals surface area (Å²) < 4.78 is 0. The molecule has 1 heterocycles. The Kier molecular flexibility index (Phi) is 4.24. The van der Waals surface area contributed by atoms with Crippen LogP contribution in [0.1, 0.15) is 12.5 Å². The number of aromatic amines is 1. The molecule has 0 bridgehead atoms. The third-order valence-electron chi connectivity index (χ3n) is 3.04. The van der Waals surface area contributed by atoms with Crippen LogP contribution in [0, 0.1) is 0 Å². The third kappa shape index (κ3) is 3.09. The number of hydrogen-bond donors (Lipinski definition) is 4. The number of nitrogens with one attached hydrogen (secondary N) is 3. The summed E-state index contributed by atoms with van der Waals surface area (Å²) in [6.45, 7) is 2.22. The lowest BCUT2D eigenvalue weighted by atomic mass is 10.1. The summed E-state index contributed by atoms with van der Waals surface area (Å²) in [5, 5.41) is 15.2. The van der Waals surface area contributed by atoms with E-state index in [4.69, 9.17) is 0 Å². The second-order valence-corrected chi connectivity index (χ2v) is 4.46. The number of fused-ring (bicyclic) bond motifs is 1. The Morgan fingerprint density at radius 3 is 2.80 bits per heavy atom. The third-order valence-corrected chi connectivity index (χ3v) is 3.04. The Balaban J connectivity index is 2.15. The average molecular weight is 275 g/mol. The molecule has 6 heteroatoms. The van der Waals surface area contributed by atoms with Gasteiger partial charge in [0, 0.05) is 30.1 Å². The molecular weight excluding hydrogens is 258 g/mol. The molecule has 1 atom stereocenters. The van der Waals surface area contributed by atoms with E-state index in [1.54, 1.807) is 13.1 Å². The monoisotopic (exact) mass is 275 g/mol. The summed E-state index contributed by atoms with van der Waals surface area (Å²) in [7, 11) is 0. The standard InChI is InChI=1S/C14H17N3O3/c1-2-15-14(20)17-12(13(18)19)7-9-8-16-11-6-4-3-5-10(9)11/h3-6,8,12,16H,2,7H2,1H3,(H,18,19)(H2,15,17,20). The predicted octanol–water partition coefficient (Wildman–Crippen LogP) is 1.48. The van der Waals surface area contributed by atoms with Gasteiger partial charge in [0.15, 0.2) is 0 Å². The van der Waals surface area contributed by atoms with Crippen molar-refractivity contribution in [3.8, 4) is 0 Å². The molecule has 0 saturated heterocycles. The summed E-state index contributed by atoms with van der Waals surface area (Å²) in [4.78, 5) is 25.8. The van der Waals surface area contributed by atoms with Gasteiger partial charge in [-0.25, -0.2) is 9.59 Å². The second-order valence-electron chi connectivity index (χ2n) is 4.46. The number of hydrogen-bond acceptors (Lipinski definition) is 2. The van der Waals surface area contributed by atoms with Crippen LogP contribution in [-0.2, 0) is 11.2 Å². The highest BCUT2D eigenvalue weighted by Gasteiger charge is 2.21. The maximum atomic E-state index is 11.5. The molecule has 106 valence electrons. The molecule has 1 aromatic heterocycles. The number of carbonyl (C=O) groups is 2. The zero-order valence-corrected chi connectivity index (χ0v) is 11.1. The molecule has 4 N–H and O–H groups in total. The molecule has 1 aromatic carbocycles. The minimum absolute atomic E-state index is 0.233. The number of carbonyl (C=O) groups excluding carboxylic acids is 1. The SMILES string of the molecule is CCNC(=O)NC(Cc1c[nH]c2ccccc12)C(=O)O. The van der Waals surface area contributed by atoms with Crippen LogP contribution in [0.3, 0.4) is 0 Å². The van der Waals surface area contributed by atoms with Crippen molar-refractivity contribution in [1.82, 2.24) is 15.6 Å². The van der Waals surface area contributed by atoms with Crippen molar-refractivity contribution in [1.29, 1.82) is 0 Å². The highest BCUT2D eigenvalue weighted by atomic mass is 16.4. The second kappa shape index (κ2) is 6.10. The Hall–Kier alpha value is -2.50. The van der Waals surface area contributed by atoms with Crippen molar-refractivity contribution in [3.63, 3.8) is 0 Å². The fourth-order valence-corrected chi connectivity index (χ4v) is 2.09. The number of aliphatic carboxylic acids is 1. The van der Waals surface area contributed by atoms with E-state index in [2.05, 4.69) is 15.6 Å². The van der Waals surface area contributed by atoms with E-state index in [9.17, 15) is 14.7 Å². The number of para-hydroxylation sites is 1. The Morgan fingerprint density at radius 2 is 2.10 bits per heavy atom. The van der Waals surface area contributed by atoms with Gasteiger partial charge in [-0.05, 0) is 18.6 Å². The number of carboxylic acid groups (broad SMARTS) is 1. The molecule has 0 radical (unpaired) electrons. The predicted molar refractivity (Wildman–Crippen MR) is 75.6 cm³/mol. The van der Waals surface area contributed by atoms with Gasteiger partial charge in [-0.2, -0.15) is 0 Å². The van der Waals surface area contributed by atoms with Gasteiger partial charge in [-0.1, -0.05) is 18.2 Å². The maximum absolute atomic E-state index is 11.5. The van der Waals surface area contributed by atoms with Crippen molar-refractivity contribution >= 4 is 22.9 Å². The van der Waals surface area contributed by atoms with Crippen molar-refractivity contribution < 1.29 is 14.7 Å². The van der Waals surface area contributed by atoms with Crippen LogP contribution in [0.25, 0.3) is 10.9 Å². The molecule has 20 heavy (non-hydrogen) atoms. The minimum Gasteiger partial charge on any atom is -0.480 e. The molecule has 0 aliphatic heterocycles. The van der Waals surface area contributed by atoms with Gasteiger partial charge in [0.25, 0.3) is 0 Å². The van der Waals surface area contributed by atoms with E-state index in [0.717, 1.165) is 16.5 Å². The van der Waals surface area contributed by atoms with E-state index in [0.29, 0.717) is 6.54 Å². The van der Waals surface area contributed by atoms with E-state index >= 15 is 0 Å². The zero-order chi connectivity index (χ0) is 14.5. The fourth-order valence-electron chi connectivity index (χ4n) is 2.09. The number of amides is 2. The molecule has 2 amide bonds. The number of rotatable bonds is 5. The van der Waals surface area contributed by atoms with Crippen LogP contribution in [0.5, 0.6) is 0 Å². The lowest BCUT2D eigenvalue weighted by Gasteiger charge is -2.14. The van der Waals surface area contributed by atoms with E-state index in [1.165, 1.54) is 0 Å². The maximum Gasteiger partial charge on any atom is 0.326 e. The van der Waals surface area contributed by atoms with Crippen LogP contribution < -0.4 is 10.6 Å². The fraction of sp³-hybridized carbons (Fsp3) is 0.286. The van der Waals surface area contributed by atoms with Crippen molar-refractivity contribution in [2.24, 2.45) is 0 Å². The summed E-state index contributed by atoms with van der Waals surface area (Å²) >= 11 is 0. The zero-order valence-electron chi connectivity index (χ0n) is 11.1. The largest absolute Gasteiger partial charge is 0.480 e. The molecule has 0 aliphatic rings. The molecule has 0 saturated carbocycles. The minimum atomic E-state index is -1.05. The molecule has 0 fully saturated rings. The van der Waals surface area contributed by atoms with Gasteiger partial charge in [-0.3, -0.25) is 0 Å². The van der Waals surface area contributed by atoms with Gasteiger partial charge in [0.2, 0.25) is 0 Å². The van der Waals surface area contributed by atoms with Crippen LogP contribution in [0.15, 0.2) is 30.5 Å². The number of urea groups is 1. The highest BCUT2D eigenvalue weighted by Crippen LogP contribution is 2.19. The van der Waals surface area contributed by atoms with Crippen molar-refractivity contribution in [3.05, 3.63) is 36.0 Å². The number of benzene rings is 1. The Morgan fingerprint density at radius 1 is 1.35 bits per heavy atom. The van der Waals surface area contributed by atoms with Crippen molar-refractivity contribution in [2.75, 3.05) is 6.54 Å². The van der Waals surface area contributed by atoms with Crippen LogP contribution in [0.4, 0.5) is 4.79 Å². The van der Waals surface area contributed by atoms with Gasteiger partial charge in [0.05, 0.1) is 0 Å². The Labute approximate surface area is 116 Å². The quantitative estimate of drug-likeness (QED) is 0.665. The molecule has 0 spiro atoms. The van der Waals surface area contributed by atoms with Gasteiger partial charge < -0.3 is 20.7 Å². The van der Waals surface area contributed by atoms with Crippen molar-refractivity contribution in [2.45, 2.75) is 19.4 Å². The molecule has 6 nitrogen and oxygen atoms in total. The van der Waals surface area contributed by atoms with Gasteiger partial charge in [-0.15, -0.1) is 0 Å². The van der Waals surface area contributed by atoms with Gasteiger partial charge >= 0.3 is 12.0 Å². The molecular formula is C14H17N3O3. The number of carboxylic acids is 1. The van der Waals surface area contributed by atoms with Gasteiger partial charge in [0.1, 0.15) is 6.04 Å². The first kappa shape index (κ1) is 13.9. The highest BCUT2D eigenvalue weighted by molar-refractivity contribution is 5.86. The van der Waals surface area contributed by atoms with Crippen LogP contribution in [-0.4, -0.2) is 34.7 Å². The first-order valence-electron chi connectivity index (χ1n) is 6.44. The summed E-state index contributed by atoms with van der Waals surface area (Å²) in [6.07, 6.45) is 2.01. The smallest absolute Gasteiger partial charge is 0.326 e. The van der Waals surface area contributed by atoms with Crippen LogP contribution >= 0.6 is 0 Å². The molecule has 2 rings (SSSR count).